The molecular weight excluding hydrogens is 284 g/mol. The van der Waals surface area contributed by atoms with Crippen LogP contribution < -0.4 is 10.5 Å². The van der Waals surface area contributed by atoms with Crippen molar-refractivity contribution in [3.63, 3.8) is 0 Å². The molecule has 19 heavy (non-hydrogen) atoms. The van der Waals surface area contributed by atoms with Crippen LogP contribution in [0.15, 0.2) is 23.1 Å². The van der Waals surface area contributed by atoms with Crippen molar-refractivity contribution in [3.05, 3.63) is 29.3 Å². The van der Waals surface area contributed by atoms with Gasteiger partial charge in [-0.15, -0.1) is 12.4 Å². The number of rotatable bonds is 4. The molecule has 1 aliphatic carbocycles. The molecule has 108 valence electrons. The third kappa shape index (κ3) is 3.69. The quantitative estimate of drug-likeness (QED) is 0.888. The summed E-state index contributed by atoms with van der Waals surface area (Å²) in [6, 6.07) is 5.39. The maximum atomic E-state index is 12.2. The Morgan fingerprint density at radius 1 is 1.26 bits per heavy atom. The van der Waals surface area contributed by atoms with Gasteiger partial charge in [0.1, 0.15) is 0 Å². The summed E-state index contributed by atoms with van der Waals surface area (Å²) in [4.78, 5) is 0.338. The van der Waals surface area contributed by atoms with Gasteiger partial charge in [0, 0.05) is 12.1 Å². The Labute approximate surface area is 121 Å². The minimum Gasteiger partial charge on any atom is -0.329 e. The number of halogens is 1. The lowest BCUT2D eigenvalue weighted by molar-refractivity contribution is 0.462. The first kappa shape index (κ1) is 16.4. The van der Waals surface area contributed by atoms with Crippen LogP contribution in [0.2, 0.25) is 0 Å². The zero-order valence-electron chi connectivity index (χ0n) is 11.3. The zero-order chi connectivity index (χ0) is 13.4. The van der Waals surface area contributed by atoms with Crippen LogP contribution in [0.3, 0.4) is 0 Å². The molecule has 1 aliphatic rings. The lowest BCUT2D eigenvalue weighted by Gasteiger charge is -2.24. The second-order valence-corrected chi connectivity index (χ2v) is 7.16. The molecule has 0 heterocycles. The number of aryl methyl sites for hydroxylation is 2. The normalized spacial score (nSPS) is 14.9. The molecule has 0 saturated carbocycles. The summed E-state index contributed by atoms with van der Waals surface area (Å²) < 4.78 is 27.1. The lowest BCUT2D eigenvalue weighted by Crippen LogP contribution is -2.48. The number of hydrogen-bond donors (Lipinski definition) is 2. The Kier molecular flexibility index (Phi) is 5.01. The average molecular weight is 305 g/mol. The highest BCUT2D eigenvalue weighted by atomic mass is 35.5. The molecule has 0 unspecified atom stereocenters. The SMILES string of the molecule is CC(C)(CN)NS(=O)(=O)c1ccc2c(c1)CCC2.Cl. The average Bonchev–Trinajstić information content (AvgIpc) is 2.74. The van der Waals surface area contributed by atoms with Crippen molar-refractivity contribution in [2.45, 2.75) is 43.5 Å². The Morgan fingerprint density at radius 3 is 2.53 bits per heavy atom. The Balaban J connectivity index is 0.00000180. The second-order valence-electron chi connectivity index (χ2n) is 5.48. The Morgan fingerprint density at radius 2 is 1.89 bits per heavy atom. The minimum atomic E-state index is -3.48. The molecule has 0 amide bonds. The van der Waals surface area contributed by atoms with Crippen LogP contribution in [0.1, 0.15) is 31.4 Å². The standard InChI is InChI=1S/C13H20N2O2S.ClH/c1-13(2,9-14)15-18(16,17)12-7-6-10-4-3-5-11(10)8-12;/h6-8,15H,3-5,9,14H2,1-2H3;1H. The van der Waals surface area contributed by atoms with Gasteiger partial charge in [0.25, 0.3) is 0 Å². The third-order valence-electron chi connectivity index (χ3n) is 3.30. The molecule has 0 saturated heterocycles. The van der Waals surface area contributed by atoms with Gasteiger partial charge in [0.15, 0.2) is 0 Å². The van der Waals surface area contributed by atoms with Crippen LogP contribution in [-0.4, -0.2) is 20.5 Å². The molecule has 1 aromatic rings. The van der Waals surface area contributed by atoms with Crippen molar-refractivity contribution < 1.29 is 8.42 Å². The van der Waals surface area contributed by atoms with E-state index >= 15 is 0 Å². The molecule has 0 fully saturated rings. The van der Waals surface area contributed by atoms with Crippen LogP contribution >= 0.6 is 12.4 Å². The lowest BCUT2D eigenvalue weighted by atomic mass is 10.1. The van der Waals surface area contributed by atoms with Crippen molar-refractivity contribution in [1.82, 2.24) is 4.72 Å². The summed E-state index contributed by atoms with van der Waals surface area (Å²) >= 11 is 0. The predicted octanol–water partition coefficient (Wildman–Crippen LogP) is 1.61. The Hall–Kier alpha value is -0.620. The molecule has 0 atom stereocenters. The van der Waals surface area contributed by atoms with E-state index in [4.69, 9.17) is 5.73 Å². The van der Waals surface area contributed by atoms with Crippen molar-refractivity contribution in [3.8, 4) is 0 Å². The topological polar surface area (TPSA) is 72.2 Å². The first-order chi connectivity index (χ1) is 8.34. The molecule has 0 aliphatic heterocycles. The van der Waals surface area contributed by atoms with Gasteiger partial charge in [0.05, 0.1) is 4.90 Å². The van der Waals surface area contributed by atoms with E-state index in [1.54, 1.807) is 26.0 Å². The number of benzene rings is 1. The van der Waals surface area contributed by atoms with Gasteiger partial charge >= 0.3 is 0 Å². The van der Waals surface area contributed by atoms with E-state index in [0.717, 1.165) is 24.8 Å². The molecule has 0 bridgehead atoms. The maximum absolute atomic E-state index is 12.2. The summed E-state index contributed by atoms with van der Waals surface area (Å²) in [6.45, 7) is 3.81. The molecule has 3 N–H and O–H groups in total. The fraction of sp³-hybridized carbons (Fsp3) is 0.538. The summed E-state index contributed by atoms with van der Waals surface area (Å²) in [5, 5.41) is 0. The van der Waals surface area contributed by atoms with Gasteiger partial charge in [-0.05, 0) is 56.4 Å². The van der Waals surface area contributed by atoms with Crippen LogP contribution in [-0.2, 0) is 22.9 Å². The second kappa shape index (κ2) is 5.79. The molecule has 0 aromatic heterocycles. The number of hydrogen-bond acceptors (Lipinski definition) is 3. The molecule has 0 spiro atoms. The van der Waals surface area contributed by atoms with Crippen LogP contribution in [0.25, 0.3) is 0 Å². The first-order valence-electron chi connectivity index (χ1n) is 6.20. The van der Waals surface area contributed by atoms with E-state index in [1.807, 2.05) is 6.07 Å². The van der Waals surface area contributed by atoms with Crippen LogP contribution in [0.4, 0.5) is 0 Å². The molecule has 0 radical (unpaired) electrons. The van der Waals surface area contributed by atoms with Gasteiger partial charge in [-0.2, -0.15) is 0 Å². The summed E-state index contributed by atoms with van der Waals surface area (Å²) in [5.41, 5.74) is 7.35. The monoisotopic (exact) mass is 304 g/mol. The number of fused-ring (bicyclic) bond motifs is 1. The summed E-state index contributed by atoms with van der Waals surface area (Å²) in [6.07, 6.45) is 3.14. The van der Waals surface area contributed by atoms with E-state index in [1.165, 1.54) is 5.56 Å². The molecule has 1 aromatic carbocycles. The van der Waals surface area contributed by atoms with Crippen molar-refractivity contribution in [1.29, 1.82) is 0 Å². The first-order valence-corrected chi connectivity index (χ1v) is 7.68. The van der Waals surface area contributed by atoms with Gasteiger partial charge < -0.3 is 5.73 Å². The maximum Gasteiger partial charge on any atom is 0.241 e. The van der Waals surface area contributed by atoms with Gasteiger partial charge in [-0.25, -0.2) is 13.1 Å². The van der Waals surface area contributed by atoms with Crippen LogP contribution in [0, 0.1) is 0 Å². The molecule has 6 heteroatoms. The smallest absolute Gasteiger partial charge is 0.241 e. The fourth-order valence-electron chi connectivity index (χ4n) is 2.18. The highest BCUT2D eigenvalue weighted by Crippen LogP contribution is 2.25. The zero-order valence-corrected chi connectivity index (χ0v) is 12.9. The van der Waals surface area contributed by atoms with E-state index in [2.05, 4.69) is 4.72 Å². The summed E-state index contributed by atoms with van der Waals surface area (Å²) in [5.74, 6) is 0. The predicted molar refractivity (Wildman–Crippen MR) is 79.2 cm³/mol. The molecular formula is C13H21ClN2O2S. The van der Waals surface area contributed by atoms with E-state index in [9.17, 15) is 8.42 Å². The van der Waals surface area contributed by atoms with Gasteiger partial charge in [-0.1, -0.05) is 6.07 Å². The van der Waals surface area contributed by atoms with E-state index in [-0.39, 0.29) is 19.0 Å². The Bertz CT molecular complexity index is 556. The number of sulfonamides is 1. The van der Waals surface area contributed by atoms with E-state index in [0.29, 0.717) is 4.90 Å². The largest absolute Gasteiger partial charge is 0.329 e. The highest BCUT2D eigenvalue weighted by Gasteiger charge is 2.25. The molecule has 2 rings (SSSR count). The number of nitrogens with one attached hydrogen (secondary N) is 1. The summed E-state index contributed by atoms with van der Waals surface area (Å²) in [7, 11) is -3.48. The highest BCUT2D eigenvalue weighted by molar-refractivity contribution is 7.89. The van der Waals surface area contributed by atoms with Gasteiger partial charge in [-0.3, -0.25) is 0 Å². The van der Waals surface area contributed by atoms with E-state index < -0.39 is 15.6 Å². The van der Waals surface area contributed by atoms with Gasteiger partial charge in [0.2, 0.25) is 10.0 Å². The van der Waals surface area contributed by atoms with Crippen LogP contribution in [0.5, 0.6) is 0 Å². The fourth-order valence-corrected chi connectivity index (χ4v) is 3.65. The molecule has 4 nitrogen and oxygen atoms in total. The van der Waals surface area contributed by atoms with Crippen molar-refractivity contribution >= 4 is 22.4 Å². The van der Waals surface area contributed by atoms with Crippen molar-refractivity contribution in [2.24, 2.45) is 5.73 Å². The number of nitrogens with two attached hydrogens (primary N) is 1. The minimum absolute atomic E-state index is 0. The third-order valence-corrected chi connectivity index (χ3v) is 5.00. The van der Waals surface area contributed by atoms with Crippen molar-refractivity contribution in [2.75, 3.05) is 6.54 Å².